The maximum Gasteiger partial charge on any atom is 0.191 e. The maximum absolute atomic E-state index is 10.4. The van der Waals surface area contributed by atoms with E-state index in [0.717, 1.165) is 3.79 Å². The summed E-state index contributed by atoms with van der Waals surface area (Å²) < 4.78 is 6.34. The zero-order valence-corrected chi connectivity index (χ0v) is 17.0. The van der Waals surface area contributed by atoms with Crippen LogP contribution in [0.25, 0.3) is 0 Å². The average molecular weight is 500 g/mol. The van der Waals surface area contributed by atoms with Gasteiger partial charge in [-0.15, -0.1) is 35.3 Å². The number of rotatable bonds is 5. The quantitative estimate of drug-likeness (QED) is 0.335. The van der Waals surface area contributed by atoms with Crippen LogP contribution in [0.1, 0.15) is 18.2 Å². The molecule has 2 rings (SSSR count). The van der Waals surface area contributed by atoms with E-state index in [4.69, 9.17) is 4.42 Å². The van der Waals surface area contributed by atoms with Gasteiger partial charge in [-0.3, -0.25) is 4.99 Å². The van der Waals surface area contributed by atoms with Crippen LogP contribution in [-0.4, -0.2) is 24.7 Å². The Morgan fingerprint density at radius 2 is 2.27 bits per heavy atom. The SMILES string of the molecule is CN=C(NCc1csc(Br)c1)NCC(C)(O)c1ccco1.I. The van der Waals surface area contributed by atoms with Crippen LogP contribution < -0.4 is 10.6 Å². The van der Waals surface area contributed by atoms with E-state index >= 15 is 0 Å². The molecule has 5 nitrogen and oxygen atoms in total. The molecule has 2 aromatic heterocycles. The molecule has 8 heteroatoms. The summed E-state index contributed by atoms with van der Waals surface area (Å²) in [5.41, 5.74) is 0.0830. The molecule has 0 amide bonds. The van der Waals surface area contributed by atoms with Crippen LogP contribution in [-0.2, 0) is 12.1 Å². The second-order valence-corrected chi connectivity index (χ2v) is 7.08. The van der Waals surface area contributed by atoms with Crippen molar-refractivity contribution in [1.29, 1.82) is 0 Å². The number of thiophene rings is 1. The lowest BCUT2D eigenvalue weighted by atomic mass is 10.0. The van der Waals surface area contributed by atoms with Crippen molar-refractivity contribution in [2.24, 2.45) is 4.99 Å². The number of hydrogen-bond acceptors (Lipinski definition) is 4. The van der Waals surface area contributed by atoms with E-state index < -0.39 is 5.60 Å². The predicted molar refractivity (Wildman–Crippen MR) is 104 cm³/mol. The average Bonchev–Trinajstić information content (AvgIpc) is 3.10. The van der Waals surface area contributed by atoms with Crippen molar-refractivity contribution in [2.75, 3.05) is 13.6 Å². The lowest BCUT2D eigenvalue weighted by Gasteiger charge is -2.22. The molecule has 0 fully saturated rings. The van der Waals surface area contributed by atoms with E-state index in [1.165, 1.54) is 5.56 Å². The number of guanidine groups is 1. The molecule has 122 valence electrons. The largest absolute Gasteiger partial charge is 0.466 e. The van der Waals surface area contributed by atoms with E-state index in [-0.39, 0.29) is 24.0 Å². The second-order valence-electron chi connectivity index (χ2n) is 4.79. The summed E-state index contributed by atoms with van der Waals surface area (Å²) in [5.74, 6) is 1.15. The highest BCUT2D eigenvalue weighted by Gasteiger charge is 2.26. The van der Waals surface area contributed by atoms with Gasteiger partial charge in [-0.2, -0.15) is 0 Å². The van der Waals surface area contributed by atoms with Gasteiger partial charge in [0.15, 0.2) is 5.96 Å². The summed E-state index contributed by atoms with van der Waals surface area (Å²) >= 11 is 5.08. The Balaban J connectivity index is 0.00000242. The highest BCUT2D eigenvalue weighted by Crippen LogP contribution is 2.21. The van der Waals surface area contributed by atoms with Gasteiger partial charge in [0.2, 0.25) is 0 Å². The Hall–Kier alpha value is -0.580. The fraction of sp³-hybridized carbons (Fsp3) is 0.357. The molecular formula is C14H19BrIN3O2S. The summed E-state index contributed by atoms with van der Waals surface area (Å²) in [4.78, 5) is 4.14. The fourth-order valence-electron chi connectivity index (χ4n) is 1.77. The Morgan fingerprint density at radius 3 is 2.82 bits per heavy atom. The first-order chi connectivity index (χ1) is 10.0. The van der Waals surface area contributed by atoms with Crippen molar-refractivity contribution in [3.05, 3.63) is 45.0 Å². The van der Waals surface area contributed by atoms with Crippen molar-refractivity contribution in [1.82, 2.24) is 10.6 Å². The molecule has 2 heterocycles. The smallest absolute Gasteiger partial charge is 0.191 e. The number of hydrogen-bond donors (Lipinski definition) is 3. The Labute approximate surface area is 159 Å². The summed E-state index contributed by atoms with van der Waals surface area (Å²) in [5, 5.41) is 18.7. The van der Waals surface area contributed by atoms with Crippen LogP contribution in [0.3, 0.4) is 0 Å². The van der Waals surface area contributed by atoms with Gasteiger partial charge in [-0.05, 0) is 52.0 Å². The molecule has 1 atom stereocenters. The molecule has 22 heavy (non-hydrogen) atoms. The van der Waals surface area contributed by atoms with Gasteiger partial charge < -0.3 is 20.2 Å². The topological polar surface area (TPSA) is 69.8 Å². The zero-order chi connectivity index (χ0) is 15.3. The van der Waals surface area contributed by atoms with Crippen LogP contribution in [0, 0.1) is 0 Å². The van der Waals surface area contributed by atoms with E-state index in [1.54, 1.807) is 43.7 Å². The molecule has 0 saturated heterocycles. The highest BCUT2D eigenvalue weighted by atomic mass is 127. The number of nitrogens with one attached hydrogen (secondary N) is 2. The third-order valence-corrected chi connectivity index (χ3v) is 4.51. The summed E-state index contributed by atoms with van der Waals surface area (Å²) in [7, 11) is 1.69. The Kier molecular flexibility index (Phi) is 7.87. The molecule has 0 saturated carbocycles. The molecular weight excluding hydrogens is 481 g/mol. The number of furan rings is 1. The van der Waals surface area contributed by atoms with Gasteiger partial charge in [0.05, 0.1) is 16.6 Å². The highest BCUT2D eigenvalue weighted by molar-refractivity contribution is 14.0. The normalized spacial score (nSPS) is 14.1. The Bertz CT molecular complexity index is 599. The van der Waals surface area contributed by atoms with E-state index in [2.05, 4.69) is 43.0 Å². The minimum absolute atomic E-state index is 0. The number of nitrogens with zero attached hydrogens (tertiary/aromatic N) is 1. The van der Waals surface area contributed by atoms with Gasteiger partial charge in [0, 0.05) is 13.6 Å². The minimum Gasteiger partial charge on any atom is -0.466 e. The number of aliphatic imine (C=N–C) groups is 1. The molecule has 0 aliphatic carbocycles. The zero-order valence-electron chi connectivity index (χ0n) is 12.3. The van der Waals surface area contributed by atoms with Crippen molar-refractivity contribution >= 4 is 57.2 Å². The van der Waals surface area contributed by atoms with Gasteiger partial charge in [-0.25, -0.2) is 0 Å². The van der Waals surface area contributed by atoms with Crippen LogP contribution in [0.2, 0.25) is 0 Å². The van der Waals surface area contributed by atoms with Crippen molar-refractivity contribution in [2.45, 2.75) is 19.1 Å². The van der Waals surface area contributed by atoms with Crippen LogP contribution in [0.4, 0.5) is 0 Å². The third kappa shape index (κ3) is 5.56. The monoisotopic (exact) mass is 499 g/mol. The van der Waals surface area contributed by atoms with Crippen molar-refractivity contribution in [3.63, 3.8) is 0 Å². The molecule has 0 radical (unpaired) electrons. The van der Waals surface area contributed by atoms with Crippen molar-refractivity contribution in [3.8, 4) is 0 Å². The molecule has 0 aliphatic heterocycles. The molecule has 0 aromatic carbocycles. The molecule has 0 spiro atoms. The van der Waals surface area contributed by atoms with Gasteiger partial charge in [0.25, 0.3) is 0 Å². The summed E-state index contributed by atoms with van der Waals surface area (Å²) in [6.45, 7) is 2.67. The molecule has 0 bridgehead atoms. The van der Waals surface area contributed by atoms with E-state index in [1.807, 2.05) is 0 Å². The fourth-order valence-corrected chi connectivity index (χ4v) is 2.98. The summed E-state index contributed by atoms with van der Waals surface area (Å²) in [6.07, 6.45) is 1.55. The number of aliphatic hydroxyl groups is 1. The first kappa shape index (κ1) is 19.5. The predicted octanol–water partition coefficient (Wildman–Crippen LogP) is 3.29. The summed E-state index contributed by atoms with van der Waals surface area (Å²) in [6, 6.07) is 5.57. The third-order valence-electron chi connectivity index (χ3n) is 2.96. The molecule has 1 unspecified atom stereocenters. The second kappa shape index (κ2) is 8.90. The lowest BCUT2D eigenvalue weighted by molar-refractivity contribution is 0.0386. The first-order valence-electron chi connectivity index (χ1n) is 6.45. The van der Waals surface area contributed by atoms with Crippen LogP contribution in [0.15, 0.2) is 43.0 Å². The first-order valence-corrected chi connectivity index (χ1v) is 8.12. The molecule has 3 N–H and O–H groups in total. The minimum atomic E-state index is -1.09. The maximum atomic E-state index is 10.4. The standard InChI is InChI=1S/C14H18BrN3O2S.HI/c1-14(19,11-4-3-5-20-11)9-18-13(16-2)17-7-10-6-12(15)21-8-10;/h3-6,8,19H,7,9H2,1-2H3,(H2,16,17,18);1H. The van der Waals surface area contributed by atoms with Crippen molar-refractivity contribution < 1.29 is 9.52 Å². The molecule has 2 aromatic rings. The van der Waals surface area contributed by atoms with Crippen LogP contribution in [0.5, 0.6) is 0 Å². The Morgan fingerprint density at radius 1 is 1.50 bits per heavy atom. The number of halogens is 2. The van der Waals surface area contributed by atoms with Gasteiger partial charge >= 0.3 is 0 Å². The van der Waals surface area contributed by atoms with Crippen LogP contribution >= 0.6 is 51.2 Å². The molecule has 0 aliphatic rings. The van der Waals surface area contributed by atoms with Gasteiger partial charge in [0.1, 0.15) is 11.4 Å². The lowest BCUT2D eigenvalue weighted by Crippen LogP contribution is -2.44. The van der Waals surface area contributed by atoms with E-state index in [9.17, 15) is 5.11 Å². The van der Waals surface area contributed by atoms with Gasteiger partial charge in [-0.1, -0.05) is 0 Å². The van der Waals surface area contributed by atoms with E-state index in [0.29, 0.717) is 24.8 Å².